The first-order valence-corrected chi connectivity index (χ1v) is 6.33. The molecule has 0 saturated carbocycles. The van der Waals surface area contributed by atoms with E-state index in [1.54, 1.807) is 6.08 Å². The van der Waals surface area contributed by atoms with E-state index in [1.807, 2.05) is 24.0 Å². The molecule has 2 nitrogen and oxygen atoms in total. The predicted molar refractivity (Wildman–Crippen MR) is 70.1 cm³/mol. The molecule has 0 spiro atoms. The topological polar surface area (TPSA) is 16.1 Å². The number of hydrogen-bond acceptors (Lipinski definition) is 2. The summed E-state index contributed by atoms with van der Waals surface area (Å²) in [6.45, 7) is 6.42. The molecule has 0 radical (unpaired) electrons. The van der Waals surface area contributed by atoms with Crippen molar-refractivity contribution in [3.63, 3.8) is 0 Å². The Morgan fingerprint density at radius 3 is 2.47 bits per heavy atom. The van der Waals surface area contributed by atoms with Crippen LogP contribution in [0.1, 0.15) is 24.1 Å². The van der Waals surface area contributed by atoms with Crippen molar-refractivity contribution in [2.24, 2.45) is 5.92 Å². The van der Waals surface area contributed by atoms with E-state index >= 15 is 0 Å². The van der Waals surface area contributed by atoms with Gasteiger partial charge in [0.2, 0.25) is 0 Å². The van der Waals surface area contributed by atoms with E-state index in [0.29, 0.717) is 13.1 Å². The number of pyridine rings is 1. The van der Waals surface area contributed by atoms with Crippen LogP contribution in [0.2, 0.25) is 0 Å². The fraction of sp³-hybridized carbons (Fsp3) is 0.500. The lowest BCUT2D eigenvalue weighted by molar-refractivity contribution is -0.179. The summed E-state index contributed by atoms with van der Waals surface area (Å²) in [6, 6.07) is 3.81. The fourth-order valence-corrected chi connectivity index (χ4v) is 2.38. The molecule has 0 aromatic carbocycles. The van der Waals surface area contributed by atoms with Crippen molar-refractivity contribution < 1.29 is 13.2 Å². The number of halogens is 3. The van der Waals surface area contributed by atoms with Crippen LogP contribution in [-0.2, 0) is 0 Å². The second-order valence-corrected chi connectivity index (χ2v) is 4.93. The molecule has 1 aliphatic rings. The van der Waals surface area contributed by atoms with Crippen LogP contribution in [0.4, 0.5) is 19.0 Å². The molecule has 1 aromatic rings. The van der Waals surface area contributed by atoms with Crippen molar-refractivity contribution in [2.45, 2.75) is 25.9 Å². The minimum atomic E-state index is -4.07. The monoisotopic (exact) mass is 270 g/mol. The van der Waals surface area contributed by atoms with Crippen molar-refractivity contribution in [3.05, 3.63) is 30.0 Å². The SMILES string of the molecule is C=Cc1cc(C)cc(N2CCC(C(F)(F)F)CC2)n1. The summed E-state index contributed by atoms with van der Waals surface area (Å²) in [6.07, 6.45) is -2.14. The molecular formula is C14H17F3N2. The molecule has 0 unspecified atom stereocenters. The molecular weight excluding hydrogens is 253 g/mol. The summed E-state index contributed by atoms with van der Waals surface area (Å²) in [5, 5.41) is 0. The van der Waals surface area contributed by atoms with Crippen molar-refractivity contribution in [1.82, 2.24) is 4.98 Å². The van der Waals surface area contributed by atoms with E-state index in [0.717, 1.165) is 17.1 Å². The van der Waals surface area contributed by atoms with Crippen LogP contribution in [0, 0.1) is 12.8 Å². The van der Waals surface area contributed by atoms with Gasteiger partial charge in [0.1, 0.15) is 5.82 Å². The summed E-state index contributed by atoms with van der Waals surface area (Å²) in [5.74, 6) is -0.428. The highest BCUT2D eigenvalue weighted by molar-refractivity contribution is 5.51. The molecule has 0 aliphatic carbocycles. The molecule has 104 valence electrons. The van der Waals surface area contributed by atoms with Gasteiger partial charge in [-0.25, -0.2) is 4.98 Å². The largest absolute Gasteiger partial charge is 0.391 e. The van der Waals surface area contributed by atoms with Crippen molar-refractivity contribution >= 4 is 11.9 Å². The summed E-state index contributed by atoms with van der Waals surface area (Å²) in [4.78, 5) is 6.31. The Hall–Kier alpha value is -1.52. The normalized spacial score (nSPS) is 17.6. The molecule has 1 aromatic heterocycles. The fourth-order valence-electron chi connectivity index (χ4n) is 2.38. The van der Waals surface area contributed by atoms with Crippen LogP contribution < -0.4 is 4.90 Å². The highest BCUT2D eigenvalue weighted by Crippen LogP contribution is 2.35. The second-order valence-electron chi connectivity index (χ2n) is 4.93. The number of nitrogens with zero attached hydrogens (tertiary/aromatic N) is 2. The molecule has 0 amide bonds. The zero-order valence-electron chi connectivity index (χ0n) is 10.9. The Morgan fingerprint density at radius 1 is 1.32 bits per heavy atom. The highest BCUT2D eigenvalue weighted by Gasteiger charge is 2.41. The van der Waals surface area contributed by atoms with Gasteiger partial charge >= 0.3 is 6.18 Å². The maximum Gasteiger partial charge on any atom is 0.391 e. The Morgan fingerprint density at radius 2 is 1.95 bits per heavy atom. The Labute approximate surface area is 110 Å². The van der Waals surface area contributed by atoms with Crippen molar-refractivity contribution in [1.29, 1.82) is 0 Å². The standard InChI is InChI=1S/C14H17F3N2/c1-3-12-8-10(2)9-13(18-12)19-6-4-11(5-7-19)14(15,16)17/h3,8-9,11H,1,4-7H2,2H3. The molecule has 0 atom stereocenters. The third-order valence-electron chi connectivity index (χ3n) is 3.47. The molecule has 5 heteroatoms. The molecule has 1 saturated heterocycles. The van der Waals surface area contributed by atoms with Gasteiger partial charge in [-0.1, -0.05) is 6.58 Å². The number of aromatic nitrogens is 1. The first-order valence-electron chi connectivity index (χ1n) is 6.33. The van der Waals surface area contributed by atoms with Gasteiger partial charge in [0.15, 0.2) is 0 Å². The Bertz CT molecular complexity index is 460. The lowest BCUT2D eigenvalue weighted by atomic mass is 9.96. The zero-order valence-corrected chi connectivity index (χ0v) is 10.9. The van der Waals surface area contributed by atoms with Gasteiger partial charge in [0.05, 0.1) is 11.6 Å². The van der Waals surface area contributed by atoms with Gasteiger partial charge in [-0.3, -0.25) is 0 Å². The van der Waals surface area contributed by atoms with Crippen LogP contribution in [-0.4, -0.2) is 24.2 Å². The van der Waals surface area contributed by atoms with Gasteiger partial charge < -0.3 is 4.90 Å². The molecule has 1 fully saturated rings. The summed E-state index contributed by atoms with van der Waals surface area (Å²) in [7, 11) is 0. The van der Waals surface area contributed by atoms with Gasteiger partial charge in [-0.15, -0.1) is 0 Å². The third kappa shape index (κ3) is 3.28. The molecule has 0 bridgehead atoms. The number of anilines is 1. The maximum atomic E-state index is 12.6. The van der Waals surface area contributed by atoms with Crippen LogP contribution in [0.5, 0.6) is 0 Å². The number of alkyl halides is 3. The summed E-state index contributed by atoms with van der Waals surface area (Å²) >= 11 is 0. The Balaban J connectivity index is 2.09. The Kier molecular flexibility index (Phi) is 3.83. The van der Waals surface area contributed by atoms with Crippen LogP contribution in [0.15, 0.2) is 18.7 Å². The molecule has 2 heterocycles. The third-order valence-corrected chi connectivity index (χ3v) is 3.47. The van der Waals surface area contributed by atoms with Crippen LogP contribution >= 0.6 is 0 Å². The number of aryl methyl sites for hydroxylation is 1. The zero-order chi connectivity index (χ0) is 14.0. The smallest absolute Gasteiger partial charge is 0.357 e. The van der Waals surface area contributed by atoms with Crippen LogP contribution in [0.25, 0.3) is 6.08 Å². The van der Waals surface area contributed by atoms with Gasteiger partial charge in [-0.2, -0.15) is 13.2 Å². The summed E-state index contributed by atoms with van der Waals surface area (Å²) < 4.78 is 37.8. The molecule has 19 heavy (non-hydrogen) atoms. The lowest BCUT2D eigenvalue weighted by Gasteiger charge is -2.33. The molecule has 0 N–H and O–H groups in total. The first-order chi connectivity index (χ1) is 8.90. The first kappa shape index (κ1) is 13.9. The van der Waals surface area contributed by atoms with Gasteiger partial charge in [0, 0.05) is 13.1 Å². The van der Waals surface area contributed by atoms with E-state index < -0.39 is 12.1 Å². The van der Waals surface area contributed by atoms with E-state index in [1.165, 1.54) is 0 Å². The number of piperidine rings is 1. The van der Waals surface area contributed by atoms with Gasteiger partial charge in [0.25, 0.3) is 0 Å². The van der Waals surface area contributed by atoms with Crippen molar-refractivity contribution in [3.8, 4) is 0 Å². The lowest BCUT2D eigenvalue weighted by Crippen LogP contribution is -2.39. The van der Waals surface area contributed by atoms with Gasteiger partial charge in [-0.05, 0) is 43.5 Å². The number of rotatable bonds is 2. The van der Waals surface area contributed by atoms with E-state index in [9.17, 15) is 13.2 Å². The number of hydrogen-bond donors (Lipinski definition) is 0. The predicted octanol–water partition coefficient (Wildman–Crippen LogP) is 3.81. The summed E-state index contributed by atoms with van der Waals surface area (Å²) in [5.41, 5.74) is 1.80. The average Bonchev–Trinajstić information content (AvgIpc) is 2.37. The van der Waals surface area contributed by atoms with E-state index in [4.69, 9.17) is 0 Å². The highest BCUT2D eigenvalue weighted by atomic mass is 19.4. The van der Waals surface area contributed by atoms with Crippen molar-refractivity contribution in [2.75, 3.05) is 18.0 Å². The molecule has 1 aliphatic heterocycles. The maximum absolute atomic E-state index is 12.6. The average molecular weight is 270 g/mol. The second kappa shape index (κ2) is 5.23. The minimum Gasteiger partial charge on any atom is -0.357 e. The minimum absolute atomic E-state index is 0.141. The van der Waals surface area contributed by atoms with Crippen LogP contribution in [0.3, 0.4) is 0 Å². The molecule has 2 rings (SSSR count). The quantitative estimate of drug-likeness (QED) is 0.812. The van der Waals surface area contributed by atoms with E-state index in [2.05, 4.69) is 11.6 Å². The van der Waals surface area contributed by atoms with E-state index in [-0.39, 0.29) is 12.8 Å².